The van der Waals surface area contributed by atoms with E-state index >= 15 is 0 Å². The van der Waals surface area contributed by atoms with Gasteiger partial charge in [0.25, 0.3) is 0 Å². The van der Waals surface area contributed by atoms with Crippen molar-refractivity contribution in [3.05, 3.63) is 17.0 Å². The van der Waals surface area contributed by atoms with Crippen LogP contribution in [0.3, 0.4) is 0 Å². The van der Waals surface area contributed by atoms with Crippen molar-refractivity contribution >= 4 is 11.3 Å². The maximum absolute atomic E-state index is 4.35. The Hall–Kier alpha value is -1.23. The molecule has 4 nitrogen and oxygen atoms in total. The van der Waals surface area contributed by atoms with Gasteiger partial charge in [0.1, 0.15) is 6.33 Å². The molecule has 0 radical (unpaired) electrons. The molecular formula is C8H10N4S. The third kappa shape index (κ3) is 1.35. The predicted octanol–water partition coefficient (Wildman–Crippen LogP) is 1.56. The molecule has 0 aromatic carbocycles. The Morgan fingerprint density at radius 1 is 1.38 bits per heavy atom. The summed E-state index contributed by atoms with van der Waals surface area (Å²) < 4.78 is 1.90. The summed E-state index contributed by atoms with van der Waals surface area (Å²) >= 11 is 1.65. The fraction of sp³-hybridized carbons (Fsp3) is 0.375. The number of rotatable bonds is 1. The molecule has 0 amide bonds. The van der Waals surface area contributed by atoms with Crippen LogP contribution in [0.2, 0.25) is 0 Å². The summed E-state index contributed by atoms with van der Waals surface area (Å²) in [6.07, 6.45) is 1.70. The van der Waals surface area contributed by atoms with Crippen molar-refractivity contribution in [3.8, 4) is 10.7 Å². The molecule has 0 fully saturated rings. The highest BCUT2D eigenvalue weighted by atomic mass is 32.1. The second kappa shape index (κ2) is 2.92. The van der Waals surface area contributed by atoms with E-state index in [1.165, 1.54) is 0 Å². The first-order valence-corrected chi connectivity index (χ1v) is 4.78. The zero-order valence-electron chi connectivity index (χ0n) is 7.77. The molecule has 0 saturated heterocycles. The molecule has 2 aromatic rings. The second-order valence-electron chi connectivity index (χ2n) is 2.91. The van der Waals surface area contributed by atoms with E-state index in [0.29, 0.717) is 0 Å². The van der Waals surface area contributed by atoms with Gasteiger partial charge in [0.15, 0.2) is 5.82 Å². The van der Waals surface area contributed by atoms with Crippen molar-refractivity contribution < 1.29 is 0 Å². The molecule has 13 heavy (non-hydrogen) atoms. The topological polar surface area (TPSA) is 43.6 Å². The van der Waals surface area contributed by atoms with Gasteiger partial charge in [-0.25, -0.2) is 4.98 Å². The molecule has 0 unspecified atom stereocenters. The summed E-state index contributed by atoms with van der Waals surface area (Å²) in [5.41, 5.74) is 1.03. The number of hydrogen-bond donors (Lipinski definition) is 0. The molecule has 0 aliphatic carbocycles. The van der Waals surface area contributed by atoms with Crippen LogP contribution in [0.15, 0.2) is 6.33 Å². The fourth-order valence-electron chi connectivity index (χ4n) is 1.23. The summed E-state index contributed by atoms with van der Waals surface area (Å²) in [4.78, 5) is 5.45. The molecule has 0 bridgehead atoms. The molecule has 0 saturated carbocycles. The van der Waals surface area contributed by atoms with Gasteiger partial charge < -0.3 is 4.57 Å². The fourth-order valence-corrected chi connectivity index (χ4v) is 2.17. The van der Waals surface area contributed by atoms with E-state index in [0.717, 1.165) is 21.4 Å². The first kappa shape index (κ1) is 8.37. The molecule has 0 N–H and O–H groups in total. The number of aryl methyl sites for hydroxylation is 3. The zero-order valence-corrected chi connectivity index (χ0v) is 8.59. The van der Waals surface area contributed by atoms with Crippen molar-refractivity contribution in [2.24, 2.45) is 7.05 Å². The van der Waals surface area contributed by atoms with E-state index in [9.17, 15) is 0 Å². The number of aromatic nitrogens is 4. The third-order valence-corrected chi connectivity index (χ3v) is 2.89. The summed E-state index contributed by atoms with van der Waals surface area (Å²) in [5.74, 6) is 0.892. The predicted molar refractivity (Wildman–Crippen MR) is 51.6 cm³/mol. The van der Waals surface area contributed by atoms with Crippen LogP contribution < -0.4 is 0 Å². The maximum atomic E-state index is 4.35. The summed E-state index contributed by atoms with van der Waals surface area (Å²) in [5, 5.41) is 8.95. The lowest BCUT2D eigenvalue weighted by Gasteiger charge is -1.95. The van der Waals surface area contributed by atoms with E-state index in [2.05, 4.69) is 15.2 Å². The van der Waals surface area contributed by atoms with Crippen LogP contribution >= 0.6 is 11.3 Å². The largest absolute Gasteiger partial charge is 0.316 e. The standard InChI is InChI=1S/C8H10N4S/c1-5-7(13-6(2)10-5)8-11-9-4-12(8)3/h4H,1-3H3. The van der Waals surface area contributed by atoms with Gasteiger partial charge in [-0.15, -0.1) is 21.5 Å². The number of nitrogens with zero attached hydrogens (tertiary/aromatic N) is 4. The van der Waals surface area contributed by atoms with Crippen molar-refractivity contribution in [1.82, 2.24) is 19.7 Å². The minimum Gasteiger partial charge on any atom is -0.316 e. The van der Waals surface area contributed by atoms with Crippen LogP contribution in [0, 0.1) is 13.8 Å². The van der Waals surface area contributed by atoms with E-state index in [-0.39, 0.29) is 0 Å². The zero-order chi connectivity index (χ0) is 9.42. The Labute approximate surface area is 80.3 Å². The molecule has 5 heteroatoms. The second-order valence-corrected chi connectivity index (χ2v) is 4.12. The highest BCUT2D eigenvalue weighted by Crippen LogP contribution is 2.27. The van der Waals surface area contributed by atoms with Crippen LogP contribution in [-0.4, -0.2) is 19.7 Å². The molecule has 0 spiro atoms. The average Bonchev–Trinajstić information content (AvgIpc) is 2.58. The van der Waals surface area contributed by atoms with Gasteiger partial charge in [-0.05, 0) is 13.8 Å². The Morgan fingerprint density at radius 2 is 2.15 bits per heavy atom. The monoisotopic (exact) mass is 194 g/mol. The van der Waals surface area contributed by atoms with E-state index in [1.54, 1.807) is 17.7 Å². The molecule has 68 valence electrons. The highest BCUT2D eigenvalue weighted by molar-refractivity contribution is 7.15. The smallest absolute Gasteiger partial charge is 0.175 e. The van der Waals surface area contributed by atoms with Gasteiger partial charge in [-0.1, -0.05) is 0 Å². The van der Waals surface area contributed by atoms with Gasteiger partial charge in [-0.2, -0.15) is 0 Å². The molecule has 0 aliphatic heterocycles. The molecular weight excluding hydrogens is 184 g/mol. The number of thiazole rings is 1. The third-order valence-electron chi connectivity index (χ3n) is 1.82. The van der Waals surface area contributed by atoms with Gasteiger partial charge in [0.05, 0.1) is 15.6 Å². The van der Waals surface area contributed by atoms with Crippen LogP contribution in [0.1, 0.15) is 10.7 Å². The summed E-state index contributed by atoms with van der Waals surface area (Å²) in [7, 11) is 1.93. The van der Waals surface area contributed by atoms with Crippen LogP contribution in [0.4, 0.5) is 0 Å². The van der Waals surface area contributed by atoms with Crippen molar-refractivity contribution in [3.63, 3.8) is 0 Å². The van der Waals surface area contributed by atoms with Gasteiger partial charge in [0, 0.05) is 7.05 Å². The Bertz CT molecular complexity index is 429. The van der Waals surface area contributed by atoms with E-state index < -0.39 is 0 Å². The molecule has 2 aromatic heterocycles. The lowest BCUT2D eigenvalue weighted by atomic mass is 10.4. The van der Waals surface area contributed by atoms with Crippen molar-refractivity contribution in [2.45, 2.75) is 13.8 Å². The first-order chi connectivity index (χ1) is 6.18. The minimum atomic E-state index is 0.892. The normalized spacial score (nSPS) is 10.7. The Kier molecular flexibility index (Phi) is 1.88. The summed E-state index contributed by atoms with van der Waals surface area (Å²) in [6, 6.07) is 0. The number of hydrogen-bond acceptors (Lipinski definition) is 4. The van der Waals surface area contributed by atoms with Crippen LogP contribution in [-0.2, 0) is 7.05 Å². The Balaban J connectivity index is 2.58. The van der Waals surface area contributed by atoms with Gasteiger partial charge in [-0.3, -0.25) is 0 Å². The van der Waals surface area contributed by atoms with E-state index in [4.69, 9.17) is 0 Å². The molecule has 0 aliphatic rings. The van der Waals surface area contributed by atoms with E-state index in [1.807, 2.05) is 25.5 Å². The van der Waals surface area contributed by atoms with Crippen molar-refractivity contribution in [1.29, 1.82) is 0 Å². The van der Waals surface area contributed by atoms with Gasteiger partial charge in [0.2, 0.25) is 0 Å². The van der Waals surface area contributed by atoms with Gasteiger partial charge >= 0.3 is 0 Å². The van der Waals surface area contributed by atoms with Crippen molar-refractivity contribution in [2.75, 3.05) is 0 Å². The summed E-state index contributed by atoms with van der Waals surface area (Å²) in [6.45, 7) is 3.99. The molecule has 0 atom stereocenters. The maximum Gasteiger partial charge on any atom is 0.175 e. The minimum absolute atomic E-state index is 0.892. The van der Waals surface area contributed by atoms with Crippen LogP contribution in [0.25, 0.3) is 10.7 Å². The molecule has 2 rings (SSSR count). The lowest BCUT2D eigenvalue weighted by Crippen LogP contribution is -1.90. The van der Waals surface area contributed by atoms with Crippen LogP contribution in [0.5, 0.6) is 0 Å². The molecule has 2 heterocycles. The lowest BCUT2D eigenvalue weighted by molar-refractivity contribution is 0.920. The first-order valence-electron chi connectivity index (χ1n) is 3.97. The quantitative estimate of drug-likeness (QED) is 0.692. The average molecular weight is 194 g/mol. The Morgan fingerprint density at radius 3 is 2.62 bits per heavy atom. The highest BCUT2D eigenvalue weighted by Gasteiger charge is 2.11. The SMILES string of the molecule is Cc1nc(C)c(-c2nncn2C)s1.